The predicted octanol–water partition coefficient (Wildman–Crippen LogP) is 6.68. The van der Waals surface area contributed by atoms with Crippen molar-refractivity contribution < 1.29 is 28.7 Å². The van der Waals surface area contributed by atoms with Crippen LogP contribution in [0.3, 0.4) is 0 Å². The molecule has 0 spiro atoms. The molecule has 3 rings (SSSR count). The predicted molar refractivity (Wildman–Crippen MR) is 147 cm³/mol. The molecular formula is C28H28Cl2N2O6. The normalized spacial score (nSPS) is 11.5. The number of carbonyl (C=O) groups excluding carboxylic acids is 1. The second-order valence-electron chi connectivity index (χ2n) is 8.04. The van der Waals surface area contributed by atoms with Crippen LogP contribution in [0.5, 0.6) is 11.5 Å². The van der Waals surface area contributed by atoms with Gasteiger partial charge in [0.1, 0.15) is 29.4 Å². The number of carbonyl (C=O) groups is 2. The number of carboxylic acids is 1. The Morgan fingerprint density at radius 2 is 1.87 bits per heavy atom. The number of allylic oxidation sites excluding steroid dienone is 4. The van der Waals surface area contributed by atoms with E-state index in [1.807, 2.05) is 32.1 Å². The Bertz CT molecular complexity index is 1320. The van der Waals surface area contributed by atoms with Crippen molar-refractivity contribution in [3.8, 4) is 22.8 Å². The minimum absolute atomic E-state index is 0.177. The van der Waals surface area contributed by atoms with Crippen molar-refractivity contribution in [2.75, 3.05) is 19.8 Å². The highest BCUT2D eigenvalue weighted by atomic mass is 35.5. The van der Waals surface area contributed by atoms with Crippen molar-refractivity contribution in [3.63, 3.8) is 0 Å². The first kappa shape index (κ1) is 28.8. The lowest BCUT2D eigenvalue weighted by Gasteiger charge is -2.11. The third-order valence-electron chi connectivity index (χ3n) is 5.40. The van der Waals surface area contributed by atoms with Gasteiger partial charge in [-0.3, -0.25) is 4.79 Å². The first-order valence-corrected chi connectivity index (χ1v) is 12.7. The molecule has 3 aromatic rings. The summed E-state index contributed by atoms with van der Waals surface area (Å²) in [5, 5.41) is 16.8. The van der Waals surface area contributed by atoms with E-state index < -0.39 is 12.6 Å². The molecular weight excluding hydrogens is 531 g/mol. The number of ether oxygens (including phenoxy) is 2. The number of carboxylic acid groups (broad SMARTS) is 1. The molecule has 200 valence electrons. The Labute approximate surface area is 230 Å². The average molecular weight is 559 g/mol. The summed E-state index contributed by atoms with van der Waals surface area (Å²) in [5.74, 6) is -0.226. The molecule has 0 aliphatic carbocycles. The molecule has 10 heteroatoms. The number of hydrogen-bond donors (Lipinski definition) is 2. The number of nitrogens with one attached hydrogen (secondary N) is 1. The molecule has 0 aliphatic rings. The number of aromatic nitrogens is 1. The van der Waals surface area contributed by atoms with Crippen LogP contribution in [-0.4, -0.2) is 41.9 Å². The number of hydrogen-bond acceptors (Lipinski definition) is 6. The summed E-state index contributed by atoms with van der Waals surface area (Å²) in [6, 6.07) is 11.5. The van der Waals surface area contributed by atoms with Crippen molar-refractivity contribution >= 4 is 40.7 Å². The monoisotopic (exact) mass is 558 g/mol. The summed E-state index contributed by atoms with van der Waals surface area (Å²) in [6.07, 6.45) is 7.34. The fourth-order valence-corrected chi connectivity index (χ4v) is 4.03. The van der Waals surface area contributed by atoms with E-state index in [0.29, 0.717) is 50.5 Å². The van der Waals surface area contributed by atoms with E-state index in [1.54, 1.807) is 42.5 Å². The highest BCUT2D eigenvalue weighted by Gasteiger charge is 2.26. The van der Waals surface area contributed by atoms with Crippen LogP contribution in [0, 0.1) is 0 Å². The molecule has 1 heterocycles. The van der Waals surface area contributed by atoms with Gasteiger partial charge in [-0.2, -0.15) is 0 Å². The summed E-state index contributed by atoms with van der Waals surface area (Å²) in [7, 11) is 0. The van der Waals surface area contributed by atoms with Crippen LogP contribution in [0.4, 0.5) is 0 Å². The lowest BCUT2D eigenvalue weighted by atomic mass is 9.99. The van der Waals surface area contributed by atoms with Gasteiger partial charge in [0.15, 0.2) is 12.4 Å². The molecule has 0 saturated heterocycles. The maximum Gasteiger partial charge on any atom is 0.341 e. The van der Waals surface area contributed by atoms with Crippen LogP contribution in [0.2, 0.25) is 10.0 Å². The second-order valence-corrected chi connectivity index (χ2v) is 8.89. The number of nitrogens with zero attached hydrogens (tertiary/aromatic N) is 1. The highest BCUT2D eigenvalue weighted by Crippen LogP contribution is 2.33. The second kappa shape index (κ2) is 14.3. The molecule has 0 bridgehead atoms. The average Bonchev–Trinajstić information content (AvgIpc) is 3.34. The first-order valence-electron chi connectivity index (χ1n) is 11.9. The zero-order chi connectivity index (χ0) is 27.5. The van der Waals surface area contributed by atoms with E-state index in [4.69, 9.17) is 42.3 Å². The molecule has 2 aromatic carbocycles. The zero-order valence-electron chi connectivity index (χ0n) is 21.0. The SMILES string of the molecule is C/C=C\CC/C(=C\C)c1onc(-c2ccc(OCC(=O)O)cc2)c1C(=O)NCCOc1ccc(Cl)cc1Cl. The molecule has 0 aliphatic heterocycles. The van der Waals surface area contributed by atoms with Gasteiger partial charge in [0.25, 0.3) is 5.91 Å². The summed E-state index contributed by atoms with van der Waals surface area (Å²) >= 11 is 12.1. The summed E-state index contributed by atoms with van der Waals surface area (Å²) in [5.41, 5.74) is 2.11. The molecule has 0 saturated carbocycles. The maximum absolute atomic E-state index is 13.4. The largest absolute Gasteiger partial charge is 0.490 e. The van der Waals surface area contributed by atoms with E-state index in [0.717, 1.165) is 12.0 Å². The fraction of sp³-hybridized carbons (Fsp3) is 0.250. The van der Waals surface area contributed by atoms with Gasteiger partial charge in [-0.1, -0.05) is 46.6 Å². The molecule has 2 N–H and O–H groups in total. The number of rotatable bonds is 13. The topological polar surface area (TPSA) is 111 Å². The number of halogens is 2. The van der Waals surface area contributed by atoms with E-state index in [-0.39, 0.29) is 19.1 Å². The third-order valence-corrected chi connectivity index (χ3v) is 5.93. The molecule has 1 amide bonds. The van der Waals surface area contributed by atoms with Gasteiger partial charge in [-0.15, -0.1) is 0 Å². The summed E-state index contributed by atoms with van der Waals surface area (Å²) in [6.45, 7) is 3.75. The van der Waals surface area contributed by atoms with Crippen molar-refractivity contribution in [2.24, 2.45) is 0 Å². The molecule has 38 heavy (non-hydrogen) atoms. The van der Waals surface area contributed by atoms with E-state index in [1.165, 1.54) is 0 Å². The van der Waals surface area contributed by atoms with Gasteiger partial charge in [0.2, 0.25) is 0 Å². The molecule has 0 fully saturated rings. The van der Waals surface area contributed by atoms with Gasteiger partial charge >= 0.3 is 5.97 Å². The van der Waals surface area contributed by atoms with E-state index in [9.17, 15) is 9.59 Å². The van der Waals surface area contributed by atoms with Crippen LogP contribution in [-0.2, 0) is 4.79 Å². The summed E-state index contributed by atoms with van der Waals surface area (Å²) < 4.78 is 16.6. The highest BCUT2D eigenvalue weighted by molar-refractivity contribution is 6.35. The Hall–Kier alpha value is -3.75. The van der Waals surface area contributed by atoms with Gasteiger partial charge in [0.05, 0.1) is 11.6 Å². The van der Waals surface area contributed by atoms with Crippen molar-refractivity contribution in [1.29, 1.82) is 0 Å². The van der Waals surface area contributed by atoms with E-state index in [2.05, 4.69) is 10.5 Å². The minimum atomic E-state index is -1.08. The third kappa shape index (κ3) is 7.87. The zero-order valence-corrected chi connectivity index (χ0v) is 22.5. The lowest BCUT2D eigenvalue weighted by molar-refractivity contribution is -0.139. The standard InChI is InChI=1S/C28H28Cl2N2O6/c1-3-5-6-7-18(4-2)27-25(28(35)31-14-15-36-23-13-10-20(29)16-22(23)30)26(32-38-27)19-8-11-21(12-9-19)37-17-24(33)34/h3-5,8-13,16H,6-7,14-15,17H2,1-2H3,(H,31,35)(H,33,34)/b5-3-,18-4+. The lowest BCUT2D eigenvalue weighted by Crippen LogP contribution is -2.29. The van der Waals surface area contributed by atoms with Gasteiger partial charge in [-0.25, -0.2) is 4.79 Å². The minimum Gasteiger partial charge on any atom is -0.490 e. The number of benzene rings is 2. The van der Waals surface area contributed by atoms with Crippen LogP contribution >= 0.6 is 23.2 Å². The Balaban J connectivity index is 1.81. The maximum atomic E-state index is 13.4. The van der Waals surface area contributed by atoms with Crippen LogP contribution in [0.1, 0.15) is 42.8 Å². The van der Waals surface area contributed by atoms with Crippen LogP contribution in [0.25, 0.3) is 16.8 Å². The van der Waals surface area contributed by atoms with Gasteiger partial charge in [0, 0.05) is 10.6 Å². The first-order chi connectivity index (χ1) is 18.3. The Kier molecular flexibility index (Phi) is 10.8. The number of aliphatic carboxylic acids is 1. The Morgan fingerprint density at radius 1 is 1.11 bits per heavy atom. The molecule has 0 radical (unpaired) electrons. The van der Waals surface area contributed by atoms with Crippen LogP contribution in [0.15, 0.2) is 65.2 Å². The van der Waals surface area contributed by atoms with E-state index >= 15 is 0 Å². The smallest absolute Gasteiger partial charge is 0.341 e. The number of amides is 1. The molecule has 1 aromatic heterocycles. The summed E-state index contributed by atoms with van der Waals surface area (Å²) in [4.78, 5) is 24.2. The van der Waals surface area contributed by atoms with Crippen molar-refractivity contribution in [3.05, 3.63) is 82.1 Å². The van der Waals surface area contributed by atoms with Crippen LogP contribution < -0.4 is 14.8 Å². The van der Waals surface area contributed by atoms with Crippen molar-refractivity contribution in [1.82, 2.24) is 10.5 Å². The van der Waals surface area contributed by atoms with Gasteiger partial charge < -0.3 is 24.4 Å². The fourth-order valence-electron chi connectivity index (χ4n) is 3.57. The molecule has 8 nitrogen and oxygen atoms in total. The molecule has 0 atom stereocenters. The molecule has 0 unspecified atom stereocenters. The Morgan fingerprint density at radius 3 is 2.53 bits per heavy atom. The van der Waals surface area contributed by atoms with Crippen molar-refractivity contribution in [2.45, 2.75) is 26.7 Å². The quantitative estimate of drug-likeness (QED) is 0.178. The van der Waals surface area contributed by atoms with Gasteiger partial charge in [-0.05, 0) is 74.7 Å².